The van der Waals surface area contributed by atoms with Crippen molar-refractivity contribution in [2.75, 3.05) is 23.9 Å². The van der Waals surface area contributed by atoms with Gasteiger partial charge in [0, 0.05) is 5.69 Å². The van der Waals surface area contributed by atoms with E-state index in [4.69, 9.17) is 10.5 Å². The number of anilines is 2. The number of nitrogens with one attached hydrogen (secondary N) is 1. The van der Waals surface area contributed by atoms with Crippen LogP contribution in [-0.2, 0) is 4.79 Å². The highest BCUT2D eigenvalue weighted by Crippen LogP contribution is 2.26. The number of carbonyl (C=O) groups excluding carboxylic acids is 1. The van der Waals surface area contributed by atoms with Crippen molar-refractivity contribution < 1.29 is 9.53 Å². The van der Waals surface area contributed by atoms with Crippen LogP contribution >= 0.6 is 24.2 Å². The summed E-state index contributed by atoms with van der Waals surface area (Å²) in [6.45, 7) is 6.16. The van der Waals surface area contributed by atoms with E-state index in [0.717, 1.165) is 5.75 Å². The minimum atomic E-state index is -0.0478. The van der Waals surface area contributed by atoms with E-state index in [1.54, 1.807) is 37.1 Å². The molecule has 6 heteroatoms. The molecular formula is C14H23ClN2O2S. The smallest absolute Gasteiger partial charge is 0.237 e. The molecule has 0 aliphatic rings. The number of benzene rings is 1. The van der Waals surface area contributed by atoms with Gasteiger partial charge in [0.05, 0.1) is 18.0 Å². The zero-order valence-corrected chi connectivity index (χ0v) is 13.9. The summed E-state index contributed by atoms with van der Waals surface area (Å²) in [6.07, 6.45) is 0. The molecule has 0 aromatic heterocycles. The number of nitrogens with two attached hydrogens (primary N) is 1. The zero-order valence-electron chi connectivity index (χ0n) is 12.3. The number of rotatable bonds is 6. The van der Waals surface area contributed by atoms with Crippen LogP contribution in [0.1, 0.15) is 20.8 Å². The summed E-state index contributed by atoms with van der Waals surface area (Å²) < 4.78 is 5.09. The van der Waals surface area contributed by atoms with E-state index < -0.39 is 0 Å². The van der Waals surface area contributed by atoms with Crippen LogP contribution in [0.4, 0.5) is 11.4 Å². The van der Waals surface area contributed by atoms with Crippen LogP contribution in [0.2, 0.25) is 0 Å². The van der Waals surface area contributed by atoms with Crippen LogP contribution in [0.3, 0.4) is 0 Å². The molecule has 0 fully saturated rings. The second-order valence-electron chi connectivity index (χ2n) is 4.57. The number of hydrogen-bond donors (Lipinski definition) is 2. The maximum Gasteiger partial charge on any atom is 0.237 e. The highest BCUT2D eigenvalue weighted by atomic mass is 35.5. The Morgan fingerprint density at radius 3 is 2.55 bits per heavy atom. The average Bonchev–Trinajstić information content (AvgIpc) is 2.35. The Balaban J connectivity index is 0.00000361. The maximum atomic E-state index is 12.2. The maximum absolute atomic E-state index is 12.2. The van der Waals surface area contributed by atoms with Crippen LogP contribution in [-0.4, -0.2) is 24.0 Å². The first-order chi connectivity index (χ1) is 8.99. The first-order valence-corrected chi connectivity index (χ1v) is 7.40. The van der Waals surface area contributed by atoms with Crippen molar-refractivity contribution in [3.63, 3.8) is 0 Å². The highest BCUT2D eigenvalue weighted by molar-refractivity contribution is 8.00. The Kier molecular flexibility index (Phi) is 8.49. The van der Waals surface area contributed by atoms with Gasteiger partial charge in [-0.3, -0.25) is 4.79 Å². The number of thioether (sulfide) groups is 1. The van der Waals surface area contributed by atoms with E-state index >= 15 is 0 Å². The first kappa shape index (κ1) is 18.9. The molecule has 0 radical (unpaired) electrons. The third-order valence-corrected chi connectivity index (χ3v) is 4.16. The Labute approximate surface area is 131 Å². The Morgan fingerprint density at radius 1 is 1.45 bits per heavy atom. The molecule has 0 bridgehead atoms. The van der Waals surface area contributed by atoms with Crippen molar-refractivity contribution in [1.29, 1.82) is 0 Å². The van der Waals surface area contributed by atoms with E-state index in [1.165, 1.54) is 0 Å². The molecule has 0 saturated carbocycles. The SMILES string of the molecule is CCSC(C(=O)Nc1ccc(OC)c(N)c1)C(C)C.Cl. The molecule has 0 aliphatic heterocycles. The number of ether oxygens (including phenoxy) is 1. The molecule has 1 unspecified atom stereocenters. The Bertz CT molecular complexity index is 441. The number of carbonyl (C=O) groups is 1. The van der Waals surface area contributed by atoms with Gasteiger partial charge in [-0.15, -0.1) is 24.2 Å². The minimum Gasteiger partial charge on any atom is -0.495 e. The second kappa shape index (κ2) is 8.97. The lowest BCUT2D eigenvalue weighted by molar-refractivity contribution is -0.116. The van der Waals surface area contributed by atoms with Crippen molar-refractivity contribution in [1.82, 2.24) is 0 Å². The molecule has 3 N–H and O–H groups in total. The molecule has 1 aromatic rings. The average molecular weight is 319 g/mol. The topological polar surface area (TPSA) is 64.3 Å². The van der Waals surface area contributed by atoms with Crippen molar-refractivity contribution in [3.05, 3.63) is 18.2 Å². The molecular weight excluding hydrogens is 296 g/mol. The van der Waals surface area contributed by atoms with E-state index in [9.17, 15) is 4.79 Å². The van der Waals surface area contributed by atoms with Gasteiger partial charge in [-0.1, -0.05) is 20.8 Å². The lowest BCUT2D eigenvalue weighted by atomic mass is 10.1. The third kappa shape index (κ3) is 5.13. The fourth-order valence-corrected chi connectivity index (χ4v) is 2.73. The number of hydrogen-bond acceptors (Lipinski definition) is 4. The van der Waals surface area contributed by atoms with Gasteiger partial charge in [-0.05, 0) is 29.9 Å². The van der Waals surface area contributed by atoms with Gasteiger partial charge in [0.1, 0.15) is 5.75 Å². The van der Waals surface area contributed by atoms with Crippen molar-refractivity contribution in [3.8, 4) is 5.75 Å². The van der Waals surface area contributed by atoms with Gasteiger partial charge in [0.2, 0.25) is 5.91 Å². The molecule has 0 heterocycles. The van der Waals surface area contributed by atoms with Crippen LogP contribution in [0.15, 0.2) is 18.2 Å². The van der Waals surface area contributed by atoms with Gasteiger partial charge in [-0.25, -0.2) is 0 Å². The molecule has 114 valence electrons. The lowest BCUT2D eigenvalue weighted by Gasteiger charge is -2.19. The molecule has 0 spiro atoms. The summed E-state index contributed by atoms with van der Waals surface area (Å²) in [5, 5.41) is 2.86. The van der Waals surface area contributed by atoms with Crippen molar-refractivity contribution in [2.45, 2.75) is 26.0 Å². The summed E-state index contributed by atoms with van der Waals surface area (Å²) in [5.74, 6) is 1.84. The molecule has 1 aromatic carbocycles. The molecule has 1 atom stereocenters. The summed E-state index contributed by atoms with van der Waals surface area (Å²) in [6, 6.07) is 5.26. The predicted molar refractivity (Wildman–Crippen MR) is 90.0 cm³/mol. The van der Waals surface area contributed by atoms with Gasteiger partial charge in [-0.2, -0.15) is 0 Å². The monoisotopic (exact) mass is 318 g/mol. The molecule has 0 saturated heterocycles. The van der Waals surface area contributed by atoms with Crippen LogP contribution < -0.4 is 15.8 Å². The predicted octanol–water partition coefficient (Wildman–Crippen LogP) is 3.42. The molecule has 1 amide bonds. The molecule has 1 rings (SSSR count). The standard InChI is InChI=1S/C14H22N2O2S.ClH/c1-5-19-13(9(2)3)14(17)16-10-6-7-12(18-4)11(15)8-10;/h6-9,13H,5,15H2,1-4H3,(H,16,17);1H. The number of halogens is 1. The van der Waals surface area contributed by atoms with Gasteiger partial charge >= 0.3 is 0 Å². The van der Waals surface area contributed by atoms with Crippen LogP contribution in [0.5, 0.6) is 5.75 Å². The van der Waals surface area contributed by atoms with E-state index in [1.807, 2.05) is 0 Å². The summed E-state index contributed by atoms with van der Waals surface area (Å²) in [5.41, 5.74) is 7.04. The first-order valence-electron chi connectivity index (χ1n) is 6.35. The quantitative estimate of drug-likeness (QED) is 0.789. The molecule has 0 aliphatic carbocycles. The number of amides is 1. The van der Waals surface area contributed by atoms with E-state index in [-0.39, 0.29) is 23.6 Å². The van der Waals surface area contributed by atoms with E-state index in [2.05, 4.69) is 26.1 Å². The fourth-order valence-electron chi connectivity index (χ4n) is 1.78. The fraction of sp³-hybridized carbons (Fsp3) is 0.500. The molecule has 4 nitrogen and oxygen atoms in total. The summed E-state index contributed by atoms with van der Waals surface area (Å²) in [4.78, 5) is 12.2. The third-order valence-electron chi connectivity index (χ3n) is 2.71. The van der Waals surface area contributed by atoms with Gasteiger partial charge in [0.15, 0.2) is 0 Å². The van der Waals surface area contributed by atoms with Gasteiger partial charge < -0.3 is 15.8 Å². The van der Waals surface area contributed by atoms with Gasteiger partial charge in [0.25, 0.3) is 0 Å². The van der Waals surface area contributed by atoms with Crippen molar-refractivity contribution in [2.24, 2.45) is 5.92 Å². The Hall–Kier alpha value is -1.07. The van der Waals surface area contributed by atoms with Crippen LogP contribution in [0.25, 0.3) is 0 Å². The van der Waals surface area contributed by atoms with Crippen molar-refractivity contribution >= 4 is 41.5 Å². The second-order valence-corrected chi connectivity index (χ2v) is 5.98. The number of methoxy groups -OCH3 is 1. The normalized spacial score (nSPS) is 11.7. The summed E-state index contributed by atoms with van der Waals surface area (Å²) >= 11 is 1.66. The Morgan fingerprint density at radius 2 is 2.10 bits per heavy atom. The van der Waals surface area contributed by atoms with Crippen LogP contribution in [0, 0.1) is 5.92 Å². The lowest BCUT2D eigenvalue weighted by Crippen LogP contribution is -2.29. The highest BCUT2D eigenvalue weighted by Gasteiger charge is 2.22. The summed E-state index contributed by atoms with van der Waals surface area (Å²) in [7, 11) is 1.57. The molecule has 20 heavy (non-hydrogen) atoms. The zero-order chi connectivity index (χ0) is 14.4. The largest absolute Gasteiger partial charge is 0.495 e. The minimum absolute atomic E-state index is 0. The van der Waals surface area contributed by atoms with E-state index in [0.29, 0.717) is 23.0 Å². The number of nitrogen functional groups attached to an aromatic ring is 1.